The van der Waals surface area contributed by atoms with Crippen molar-refractivity contribution in [2.75, 3.05) is 25.2 Å². The van der Waals surface area contributed by atoms with Crippen LogP contribution in [0.1, 0.15) is 6.92 Å². The first kappa shape index (κ1) is 13.3. The van der Waals surface area contributed by atoms with Gasteiger partial charge in [0, 0.05) is 5.75 Å². The van der Waals surface area contributed by atoms with Crippen LogP contribution < -0.4 is 5.73 Å². The molecule has 0 radical (unpaired) electrons. The van der Waals surface area contributed by atoms with Crippen molar-refractivity contribution in [1.82, 2.24) is 0 Å². The molecule has 0 saturated carbocycles. The number of nitrogens with two attached hydrogens (primary N) is 1. The standard InChI is InChI=1S/C8H16BrNO2S/c1-6(3-10)4-13-5-7(9)8(11)12-2/h6-7H,3-5,10H2,1-2H3. The van der Waals surface area contributed by atoms with E-state index in [1.807, 2.05) is 0 Å². The lowest BCUT2D eigenvalue weighted by Gasteiger charge is -2.09. The molecule has 0 aliphatic carbocycles. The van der Waals surface area contributed by atoms with Crippen LogP contribution in [0.5, 0.6) is 0 Å². The zero-order valence-electron chi connectivity index (χ0n) is 7.96. The SMILES string of the molecule is COC(=O)C(Br)CSCC(C)CN. The molecule has 0 aromatic rings. The van der Waals surface area contributed by atoms with Crippen LogP contribution in [-0.2, 0) is 9.53 Å². The van der Waals surface area contributed by atoms with Crippen molar-refractivity contribution in [3.05, 3.63) is 0 Å². The first-order valence-electron chi connectivity index (χ1n) is 4.11. The number of halogens is 1. The maximum atomic E-state index is 10.9. The van der Waals surface area contributed by atoms with Crippen LogP contribution >= 0.6 is 27.7 Å². The molecule has 5 heteroatoms. The Morgan fingerprint density at radius 1 is 1.62 bits per heavy atom. The van der Waals surface area contributed by atoms with Gasteiger partial charge in [0.2, 0.25) is 0 Å². The van der Waals surface area contributed by atoms with Gasteiger partial charge >= 0.3 is 5.97 Å². The fraction of sp³-hybridized carbons (Fsp3) is 0.875. The average Bonchev–Trinajstić information content (AvgIpc) is 2.15. The van der Waals surface area contributed by atoms with Gasteiger partial charge in [-0.25, -0.2) is 0 Å². The minimum Gasteiger partial charge on any atom is -0.468 e. The topological polar surface area (TPSA) is 52.3 Å². The number of methoxy groups -OCH3 is 1. The number of hydrogen-bond acceptors (Lipinski definition) is 4. The monoisotopic (exact) mass is 269 g/mol. The van der Waals surface area contributed by atoms with Gasteiger partial charge in [0.25, 0.3) is 0 Å². The number of hydrogen-bond donors (Lipinski definition) is 1. The van der Waals surface area contributed by atoms with Gasteiger partial charge in [-0.05, 0) is 18.2 Å². The zero-order chi connectivity index (χ0) is 10.3. The van der Waals surface area contributed by atoms with Crippen LogP contribution in [0.3, 0.4) is 0 Å². The van der Waals surface area contributed by atoms with E-state index in [-0.39, 0.29) is 10.8 Å². The molecule has 0 aromatic heterocycles. The van der Waals surface area contributed by atoms with Gasteiger partial charge < -0.3 is 10.5 Å². The van der Waals surface area contributed by atoms with E-state index >= 15 is 0 Å². The largest absolute Gasteiger partial charge is 0.468 e. The summed E-state index contributed by atoms with van der Waals surface area (Å²) in [6.45, 7) is 2.78. The maximum Gasteiger partial charge on any atom is 0.320 e. The fourth-order valence-electron chi connectivity index (χ4n) is 0.637. The van der Waals surface area contributed by atoms with Crippen molar-refractivity contribution in [2.45, 2.75) is 11.8 Å². The summed E-state index contributed by atoms with van der Waals surface area (Å²) in [6, 6.07) is 0. The zero-order valence-corrected chi connectivity index (χ0v) is 10.4. The number of rotatable bonds is 6. The van der Waals surface area contributed by atoms with Crippen molar-refractivity contribution in [1.29, 1.82) is 0 Å². The molecular formula is C8H16BrNO2S. The van der Waals surface area contributed by atoms with E-state index in [0.29, 0.717) is 12.5 Å². The first-order chi connectivity index (χ1) is 6.11. The van der Waals surface area contributed by atoms with Crippen LogP contribution in [0, 0.1) is 5.92 Å². The summed E-state index contributed by atoms with van der Waals surface area (Å²) < 4.78 is 4.57. The molecule has 0 spiro atoms. The Morgan fingerprint density at radius 2 is 2.23 bits per heavy atom. The van der Waals surface area contributed by atoms with Gasteiger partial charge in [0.15, 0.2) is 0 Å². The number of carbonyl (C=O) groups excluding carboxylic acids is 1. The lowest BCUT2D eigenvalue weighted by atomic mass is 10.2. The van der Waals surface area contributed by atoms with Crippen molar-refractivity contribution >= 4 is 33.7 Å². The number of carbonyl (C=O) groups is 1. The van der Waals surface area contributed by atoms with Crippen LogP contribution in [0.2, 0.25) is 0 Å². The minimum absolute atomic E-state index is 0.201. The highest BCUT2D eigenvalue weighted by molar-refractivity contribution is 9.10. The normalized spacial score (nSPS) is 15.1. The lowest BCUT2D eigenvalue weighted by Crippen LogP contribution is -2.19. The van der Waals surface area contributed by atoms with Gasteiger partial charge in [-0.2, -0.15) is 11.8 Å². The molecule has 0 saturated heterocycles. The number of thioether (sulfide) groups is 1. The first-order valence-corrected chi connectivity index (χ1v) is 6.18. The third-order valence-electron chi connectivity index (χ3n) is 1.53. The van der Waals surface area contributed by atoms with Crippen molar-refractivity contribution in [2.24, 2.45) is 11.7 Å². The molecule has 0 heterocycles. The van der Waals surface area contributed by atoms with Crippen LogP contribution in [0.4, 0.5) is 0 Å². The molecule has 0 aliphatic rings. The van der Waals surface area contributed by atoms with Gasteiger partial charge in [-0.1, -0.05) is 22.9 Å². The Hall–Kier alpha value is 0.260. The molecule has 3 nitrogen and oxygen atoms in total. The molecule has 0 aliphatic heterocycles. The highest BCUT2D eigenvalue weighted by atomic mass is 79.9. The molecule has 0 rings (SSSR count). The molecule has 0 fully saturated rings. The van der Waals surface area contributed by atoms with Crippen LogP contribution in [0.15, 0.2) is 0 Å². The Bertz CT molecular complexity index is 157. The van der Waals surface area contributed by atoms with Crippen LogP contribution in [-0.4, -0.2) is 36.0 Å². The van der Waals surface area contributed by atoms with E-state index in [0.717, 1.165) is 11.5 Å². The number of esters is 1. The summed E-state index contributed by atoms with van der Waals surface area (Å²) in [5.74, 6) is 2.00. The van der Waals surface area contributed by atoms with E-state index < -0.39 is 0 Å². The average molecular weight is 270 g/mol. The van der Waals surface area contributed by atoms with Gasteiger partial charge in [-0.15, -0.1) is 0 Å². The summed E-state index contributed by atoms with van der Waals surface area (Å²) in [4.78, 5) is 10.7. The summed E-state index contributed by atoms with van der Waals surface area (Å²) >= 11 is 4.96. The van der Waals surface area contributed by atoms with Crippen molar-refractivity contribution < 1.29 is 9.53 Å². The lowest BCUT2D eigenvalue weighted by molar-refractivity contribution is -0.139. The fourth-order valence-corrected chi connectivity index (χ4v) is 2.40. The van der Waals surface area contributed by atoms with Crippen LogP contribution in [0.25, 0.3) is 0 Å². The molecule has 0 aromatic carbocycles. The molecule has 2 atom stereocenters. The predicted octanol–water partition coefficient (Wildman–Crippen LogP) is 1.25. The Labute approximate surface area is 91.9 Å². The van der Waals surface area contributed by atoms with E-state index in [1.165, 1.54) is 7.11 Å². The van der Waals surface area contributed by atoms with E-state index in [9.17, 15) is 4.79 Å². The summed E-state index contributed by atoms with van der Waals surface area (Å²) in [5.41, 5.74) is 5.46. The third-order valence-corrected chi connectivity index (χ3v) is 4.03. The molecule has 78 valence electrons. The second-order valence-corrected chi connectivity index (χ2v) is 5.05. The summed E-state index contributed by atoms with van der Waals surface area (Å²) in [7, 11) is 1.39. The second-order valence-electron chi connectivity index (χ2n) is 2.87. The molecular weight excluding hydrogens is 254 g/mol. The van der Waals surface area contributed by atoms with Gasteiger partial charge in [0.05, 0.1) is 7.11 Å². The Balaban J connectivity index is 3.47. The van der Waals surface area contributed by atoms with Gasteiger partial charge in [0.1, 0.15) is 4.83 Å². The maximum absolute atomic E-state index is 10.9. The molecule has 13 heavy (non-hydrogen) atoms. The highest BCUT2D eigenvalue weighted by Gasteiger charge is 2.14. The summed E-state index contributed by atoms with van der Waals surface area (Å²) in [6.07, 6.45) is 0. The Kier molecular flexibility index (Phi) is 7.80. The summed E-state index contributed by atoms with van der Waals surface area (Å²) in [5, 5.41) is 0. The van der Waals surface area contributed by atoms with Crippen molar-refractivity contribution in [3.63, 3.8) is 0 Å². The van der Waals surface area contributed by atoms with Gasteiger partial charge in [-0.3, -0.25) is 4.79 Å². The third kappa shape index (κ3) is 6.35. The van der Waals surface area contributed by atoms with E-state index in [2.05, 4.69) is 27.6 Å². The Morgan fingerprint density at radius 3 is 2.69 bits per heavy atom. The molecule has 0 amide bonds. The quantitative estimate of drug-likeness (QED) is 0.583. The smallest absolute Gasteiger partial charge is 0.320 e. The molecule has 2 N–H and O–H groups in total. The van der Waals surface area contributed by atoms with E-state index in [1.54, 1.807) is 11.8 Å². The number of ether oxygens (including phenoxy) is 1. The molecule has 0 bridgehead atoms. The second kappa shape index (κ2) is 7.64. The number of alkyl halides is 1. The van der Waals surface area contributed by atoms with Crippen molar-refractivity contribution in [3.8, 4) is 0 Å². The minimum atomic E-state index is -0.215. The predicted molar refractivity (Wildman–Crippen MR) is 60.3 cm³/mol. The van der Waals surface area contributed by atoms with E-state index in [4.69, 9.17) is 5.73 Å². The molecule has 2 unspecified atom stereocenters. The highest BCUT2D eigenvalue weighted by Crippen LogP contribution is 2.14.